The van der Waals surface area contributed by atoms with Gasteiger partial charge >= 0.3 is 0 Å². The molecule has 0 spiro atoms. The maximum absolute atomic E-state index is 8.61. The Bertz CT molecular complexity index is 96.7. The summed E-state index contributed by atoms with van der Waals surface area (Å²) in [5.41, 5.74) is 0. The Kier molecular flexibility index (Phi) is 31.0. The minimum Gasteiger partial charge on any atom is -0.394 e. The van der Waals surface area contributed by atoms with Crippen molar-refractivity contribution in [3.63, 3.8) is 0 Å². The average molecular weight is 204 g/mol. The van der Waals surface area contributed by atoms with Crippen LogP contribution < -0.4 is 0 Å². The third kappa shape index (κ3) is 42.4. The second-order valence-corrected chi connectivity index (χ2v) is 2.31. The molecule has 0 aromatic rings. The molecule has 0 radical (unpaired) electrons. The molecule has 86 valence electrons. The molecule has 0 saturated heterocycles. The highest BCUT2D eigenvalue weighted by atomic mass is 16.5. The molecule has 0 bridgehead atoms. The number of allylic oxidation sites excluding steroid dienone is 2. The lowest BCUT2D eigenvalue weighted by Crippen LogP contribution is -2.19. The molecule has 0 aliphatic heterocycles. The summed E-state index contributed by atoms with van der Waals surface area (Å²) >= 11 is 0. The van der Waals surface area contributed by atoms with E-state index in [0.717, 1.165) is 0 Å². The molecule has 14 heavy (non-hydrogen) atoms. The van der Waals surface area contributed by atoms with Crippen molar-refractivity contribution in [3.8, 4) is 0 Å². The first-order chi connectivity index (χ1) is 6.64. The number of aliphatic hydroxyl groups excluding tert-OH is 2. The van der Waals surface area contributed by atoms with E-state index in [1.807, 2.05) is 20.8 Å². The smallest absolute Gasteiger partial charge is 0.100 e. The molecule has 3 heteroatoms. The Balaban J connectivity index is -0.000000168. The minimum absolute atomic E-state index is 0.222. The van der Waals surface area contributed by atoms with Crippen LogP contribution in [-0.2, 0) is 4.74 Å². The van der Waals surface area contributed by atoms with E-state index >= 15 is 0 Å². The third-order valence-electron chi connectivity index (χ3n) is 0.725. The molecular weight excluding hydrogens is 180 g/mol. The van der Waals surface area contributed by atoms with E-state index in [4.69, 9.17) is 14.9 Å². The normalized spacial score (nSPS) is 9.79. The highest BCUT2D eigenvalue weighted by Crippen LogP contribution is 1.81. The molecule has 3 nitrogen and oxygen atoms in total. The molecule has 0 saturated carbocycles. The number of hydrogen-bond acceptors (Lipinski definition) is 3. The van der Waals surface area contributed by atoms with E-state index in [2.05, 4.69) is 13.2 Å². The van der Waals surface area contributed by atoms with Crippen molar-refractivity contribution < 1.29 is 14.9 Å². The summed E-state index contributed by atoms with van der Waals surface area (Å²) in [6, 6.07) is 0. The first-order valence-corrected chi connectivity index (χ1v) is 4.65. The molecule has 0 amide bonds. The topological polar surface area (TPSA) is 49.7 Å². The summed E-state index contributed by atoms with van der Waals surface area (Å²) in [7, 11) is 0. The average Bonchev–Trinajstić information content (AvgIpc) is 2.16. The van der Waals surface area contributed by atoms with E-state index in [0.29, 0.717) is 6.61 Å². The fraction of sp³-hybridized carbons (Fsp3) is 0.636. The monoisotopic (exact) mass is 204 g/mol. The fourth-order valence-corrected chi connectivity index (χ4v) is 0.307. The van der Waals surface area contributed by atoms with Gasteiger partial charge in [0.15, 0.2) is 0 Å². The van der Waals surface area contributed by atoms with Gasteiger partial charge in [0, 0.05) is 6.61 Å². The Hall–Kier alpha value is -0.640. The van der Waals surface area contributed by atoms with E-state index < -0.39 is 6.10 Å². The van der Waals surface area contributed by atoms with Crippen molar-refractivity contribution in [2.45, 2.75) is 26.9 Å². The predicted molar refractivity (Wildman–Crippen MR) is 61.3 cm³/mol. The van der Waals surface area contributed by atoms with Crippen LogP contribution in [0.1, 0.15) is 20.8 Å². The highest BCUT2D eigenvalue weighted by Gasteiger charge is 1.98. The van der Waals surface area contributed by atoms with Gasteiger partial charge in [0.25, 0.3) is 0 Å². The fourth-order valence-electron chi connectivity index (χ4n) is 0.307. The van der Waals surface area contributed by atoms with E-state index in [-0.39, 0.29) is 13.2 Å². The van der Waals surface area contributed by atoms with Gasteiger partial charge in [-0.25, -0.2) is 0 Å². The largest absolute Gasteiger partial charge is 0.394 e. The first kappa shape index (κ1) is 19.0. The minimum atomic E-state index is -0.713. The standard InChI is InChI=1S/C5H12O3.2C3H6/c1-2-8-4-5(7)3-6;2*1-3-2/h5-7H,2-4H2,1H3;2*3H,1H2,2H3. The van der Waals surface area contributed by atoms with Crippen molar-refractivity contribution in [2.24, 2.45) is 0 Å². The van der Waals surface area contributed by atoms with Gasteiger partial charge in [-0.1, -0.05) is 12.2 Å². The van der Waals surface area contributed by atoms with Crippen LogP contribution in [-0.4, -0.2) is 36.1 Å². The molecule has 0 aliphatic carbocycles. The molecule has 0 aromatic heterocycles. The summed E-state index contributed by atoms with van der Waals surface area (Å²) in [4.78, 5) is 0. The maximum Gasteiger partial charge on any atom is 0.100 e. The lowest BCUT2D eigenvalue weighted by Gasteiger charge is -2.04. The molecule has 0 aliphatic rings. The summed E-state index contributed by atoms with van der Waals surface area (Å²) in [6.07, 6.45) is 2.79. The van der Waals surface area contributed by atoms with Crippen LogP contribution >= 0.6 is 0 Å². The lowest BCUT2D eigenvalue weighted by molar-refractivity contribution is 0.0104. The first-order valence-electron chi connectivity index (χ1n) is 4.65. The molecule has 1 unspecified atom stereocenters. The van der Waals surface area contributed by atoms with E-state index in [1.54, 1.807) is 12.2 Å². The zero-order valence-corrected chi connectivity index (χ0v) is 9.57. The van der Waals surface area contributed by atoms with Crippen LogP contribution in [0.15, 0.2) is 25.3 Å². The van der Waals surface area contributed by atoms with Crippen LogP contribution in [0.2, 0.25) is 0 Å². The number of ether oxygens (including phenoxy) is 1. The highest BCUT2D eigenvalue weighted by molar-refractivity contribution is 4.52. The van der Waals surface area contributed by atoms with Gasteiger partial charge in [-0.2, -0.15) is 0 Å². The van der Waals surface area contributed by atoms with Crippen LogP contribution in [0.25, 0.3) is 0 Å². The van der Waals surface area contributed by atoms with Crippen LogP contribution in [0.5, 0.6) is 0 Å². The molecule has 0 fully saturated rings. The van der Waals surface area contributed by atoms with Gasteiger partial charge in [-0.05, 0) is 20.8 Å². The Morgan fingerprint density at radius 2 is 1.64 bits per heavy atom. The Labute approximate surface area is 87.7 Å². The number of rotatable bonds is 4. The van der Waals surface area contributed by atoms with Crippen molar-refractivity contribution in [2.75, 3.05) is 19.8 Å². The second kappa shape index (κ2) is 22.8. The summed E-state index contributed by atoms with van der Waals surface area (Å²) in [5, 5.41) is 16.8. The van der Waals surface area contributed by atoms with Crippen molar-refractivity contribution in [3.05, 3.63) is 25.3 Å². The summed E-state index contributed by atoms with van der Waals surface area (Å²) in [5.74, 6) is 0. The molecule has 0 rings (SSSR count). The molecule has 0 heterocycles. The third-order valence-corrected chi connectivity index (χ3v) is 0.725. The molecule has 1 atom stereocenters. The predicted octanol–water partition coefficient (Wildman–Crippen LogP) is 1.76. The maximum atomic E-state index is 8.61. The van der Waals surface area contributed by atoms with Crippen molar-refractivity contribution in [1.82, 2.24) is 0 Å². The van der Waals surface area contributed by atoms with Gasteiger partial charge in [-0.15, -0.1) is 13.2 Å². The van der Waals surface area contributed by atoms with Crippen molar-refractivity contribution >= 4 is 0 Å². The van der Waals surface area contributed by atoms with Gasteiger partial charge in [0.2, 0.25) is 0 Å². The number of aliphatic hydroxyl groups is 2. The second-order valence-electron chi connectivity index (χ2n) is 2.31. The Morgan fingerprint density at radius 1 is 1.29 bits per heavy atom. The van der Waals surface area contributed by atoms with Gasteiger partial charge < -0.3 is 14.9 Å². The summed E-state index contributed by atoms with van der Waals surface area (Å²) in [6.45, 7) is 12.9. The Morgan fingerprint density at radius 3 is 1.86 bits per heavy atom. The van der Waals surface area contributed by atoms with Crippen LogP contribution in [0.4, 0.5) is 0 Å². The number of hydrogen-bond donors (Lipinski definition) is 2. The SMILES string of the molecule is C=CC.C=CC.CCOCC(O)CO. The zero-order chi connectivity index (χ0) is 11.8. The van der Waals surface area contributed by atoms with Gasteiger partial charge in [0.05, 0.1) is 13.2 Å². The van der Waals surface area contributed by atoms with Gasteiger partial charge in [-0.3, -0.25) is 0 Å². The van der Waals surface area contributed by atoms with Gasteiger partial charge in [0.1, 0.15) is 6.10 Å². The molecule has 0 aromatic carbocycles. The van der Waals surface area contributed by atoms with Crippen LogP contribution in [0, 0.1) is 0 Å². The van der Waals surface area contributed by atoms with Crippen molar-refractivity contribution in [1.29, 1.82) is 0 Å². The quantitative estimate of drug-likeness (QED) is 0.686. The van der Waals surface area contributed by atoms with E-state index in [9.17, 15) is 0 Å². The van der Waals surface area contributed by atoms with Crippen LogP contribution in [0.3, 0.4) is 0 Å². The molecular formula is C11H24O3. The molecule has 2 N–H and O–H groups in total. The lowest BCUT2D eigenvalue weighted by atomic mass is 10.4. The zero-order valence-electron chi connectivity index (χ0n) is 9.57. The van der Waals surface area contributed by atoms with E-state index in [1.165, 1.54) is 0 Å². The summed E-state index contributed by atoms with van der Waals surface area (Å²) < 4.78 is 4.78.